The Balaban J connectivity index is 1.14. The number of rotatable bonds is 6. The molecule has 0 saturated carbocycles. The maximum absolute atomic E-state index is 13.3. The van der Waals surface area contributed by atoms with Crippen molar-refractivity contribution in [1.82, 2.24) is 19.4 Å². The molecule has 1 aromatic heterocycles. The number of likely N-dealkylation sites (tertiary alicyclic amines) is 1. The molecule has 0 aliphatic carbocycles. The van der Waals surface area contributed by atoms with Gasteiger partial charge in [0.05, 0.1) is 17.6 Å². The minimum Gasteiger partial charge on any atom is -0.368 e. The van der Waals surface area contributed by atoms with Gasteiger partial charge in [-0.1, -0.05) is 44.2 Å². The normalized spacial score (nSPS) is 18.1. The van der Waals surface area contributed by atoms with Crippen LogP contribution in [0.15, 0.2) is 48.5 Å². The minimum absolute atomic E-state index is 0.158. The number of nitrogens with zero attached hydrogens (tertiary/aromatic N) is 5. The molecule has 1 amide bonds. The van der Waals surface area contributed by atoms with Gasteiger partial charge in [-0.25, -0.2) is 4.98 Å². The number of para-hydroxylation sites is 3. The molecule has 0 spiro atoms. The van der Waals surface area contributed by atoms with E-state index in [4.69, 9.17) is 4.98 Å². The second-order valence-electron chi connectivity index (χ2n) is 10.3. The van der Waals surface area contributed by atoms with Crippen molar-refractivity contribution in [3.8, 4) is 0 Å². The Kier molecular flexibility index (Phi) is 7.09. The molecule has 2 saturated heterocycles. The van der Waals surface area contributed by atoms with E-state index in [0.717, 1.165) is 76.5 Å². The van der Waals surface area contributed by atoms with Gasteiger partial charge in [-0.2, -0.15) is 0 Å². The first kappa shape index (κ1) is 23.9. The number of aromatic nitrogens is 2. The van der Waals surface area contributed by atoms with E-state index >= 15 is 0 Å². The smallest absolute Gasteiger partial charge is 0.225 e. The Morgan fingerprint density at radius 3 is 2.34 bits per heavy atom. The van der Waals surface area contributed by atoms with E-state index in [2.05, 4.69) is 88.6 Å². The van der Waals surface area contributed by atoms with Crippen LogP contribution in [0.25, 0.3) is 11.0 Å². The van der Waals surface area contributed by atoms with Gasteiger partial charge in [0.1, 0.15) is 5.82 Å². The molecule has 0 atom stereocenters. The fourth-order valence-corrected chi connectivity index (χ4v) is 5.83. The van der Waals surface area contributed by atoms with Crippen LogP contribution in [0.2, 0.25) is 0 Å². The van der Waals surface area contributed by atoms with Gasteiger partial charge >= 0.3 is 0 Å². The molecular weight excluding hydrogens is 434 g/mol. The number of piperidine rings is 1. The van der Waals surface area contributed by atoms with Crippen LogP contribution in [0.3, 0.4) is 0 Å². The van der Waals surface area contributed by atoms with Crippen molar-refractivity contribution in [3.05, 3.63) is 59.9 Å². The molecule has 6 heteroatoms. The number of imidazole rings is 1. The molecule has 186 valence electrons. The van der Waals surface area contributed by atoms with E-state index in [1.807, 2.05) is 0 Å². The number of piperazine rings is 1. The molecule has 2 aromatic carbocycles. The van der Waals surface area contributed by atoms with E-state index in [-0.39, 0.29) is 5.92 Å². The topological polar surface area (TPSA) is 44.6 Å². The zero-order valence-electron chi connectivity index (χ0n) is 21.5. The molecule has 0 radical (unpaired) electrons. The van der Waals surface area contributed by atoms with Gasteiger partial charge in [-0.3, -0.25) is 9.69 Å². The summed E-state index contributed by atoms with van der Waals surface area (Å²) in [5, 5.41) is 0. The summed E-state index contributed by atoms with van der Waals surface area (Å²) >= 11 is 0. The molecular formula is C29H39N5O. The summed E-state index contributed by atoms with van der Waals surface area (Å²) in [4.78, 5) is 25.3. The third kappa shape index (κ3) is 4.94. The fourth-order valence-electron chi connectivity index (χ4n) is 5.83. The quantitative estimate of drug-likeness (QED) is 0.519. The summed E-state index contributed by atoms with van der Waals surface area (Å²) in [6, 6.07) is 17.1. The Hall–Kier alpha value is -2.86. The van der Waals surface area contributed by atoms with Crippen molar-refractivity contribution in [3.63, 3.8) is 0 Å². The van der Waals surface area contributed by atoms with Crippen LogP contribution in [0, 0.1) is 5.92 Å². The molecule has 2 fully saturated rings. The van der Waals surface area contributed by atoms with E-state index in [1.165, 1.54) is 16.8 Å². The molecule has 0 N–H and O–H groups in total. The summed E-state index contributed by atoms with van der Waals surface area (Å²) in [6.45, 7) is 13.9. The third-order valence-corrected chi connectivity index (χ3v) is 7.84. The lowest BCUT2D eigenvalue weighted by Crippen LogP contribution is -2.51. The van der Waals surface area contributed by atoms with Crippen LogP contribution < -0.4 is 4.90 Å². The molecule has 35 heavy (non-hydrogen) atoms. The van der Waals surface area contributed by atoms with Gasteiger partial charge in [-0.15, -0.1) is 0 Å². The van der Waals surface area contributed by atoms with Crippen molar-refractivity contribution in [1.29, 1.82) is 0 Å². The highest BCUT2D eigenvalue weighted by atomic mass is 16.2. The van der Waals surface area contributed by atoms with Crippen LogP contribution in [0.1, 0.15) is 50.9 Å². The van der Waals surface area contributed by atoms with Crippen LogP contribution in [0.4, 0.5) is 5.69 Å². The molecule has 0 bridgehead atoms. The van der Waals surface area contributed by atoms with E-state index < -0.39 is 0 Å². The molecule has 6 nitrogen and oxygen atoms in total. The largest absolute Gasteiger partial charge is 0.368 e. The van der Waals surface area contributed by atoms with Crippen molar-refractivity contribution in [2.24, 2.45) is 5.92 Å². The number of carbonyl (C=O) groups excluding carboxylic acids is 1. The van der Waals surface area contributed by atoms with Gasteiger partial charge in [0.15, 0.2) is 0 Å². The molecule has 2 aliphatic heterocycles. The minimum atomic E-state index is 0.158. The standard InChI is InChI=1S/C29H39N5O/c1-4-34-27-12-8-6-10-25(27)30-28(34)21-31-15-13-23(14-16-31)29(35)33-19-17-32(18-20-33)26-11-7-5-9-24(26)22(2)3/h5-12,22-23H,4,13-21H2,1-3H3. The molecule has 0 unspecified atom stereocenters. The maximum Gasteiger partial charge on any atom is 0.225 e. The highest BCUT2D eigenvalue weighted by Gasteiger charge is 2.31. The third-order valence-electron chi connectivity index (χ3n) is 7.84. The predicted molar refractivity (Wildman–Crippen MR) is 143 cm³/mol. The summed E-state index contributed by atoms with van der Waals surface area (Å²) in [5.41, 5.74) is 5.02. The van der Waals surface area contributed by atoms with Crippen molar-refractivity contribution < 1.29 is 4.79 Å². The Labute approximate surface area is 209 Å². The number of aryl methyl sites for hydroxylation is 1. The zero-order valence-corrected chi connectivity index (χ0v) is 21.5. The predicted octanol–water partition coefficient (Wildman–Crippen LogP) is 4.74. The molecule has 2 aliphatic rings. The number of anilines is 1. The van der Waals surface area contributed by atoms with Gasteiger partial charge < -0.3 is 14.4 Å². The lowest BCUT2D eigenvalue weighted by Gasteiger charge is -2.40. The number of carbonyl (C=O) groups is 1. The zero-order chi connectivity index (χ0) is 24.4. The second-order valence-corrected chi connectivity index (χ2v) is 10.3. The number of fused-ring (bicyclic) bond motifs is 1. The monoisotopic (exact) mass is 473 g/mol. The SMILES string of the molecule is CCn1c(CN2CCC(C(=O)N3CCN(c4ccccc4C(C)C)CC3)CC2)nc2ccccc21. The lowest BCUT2D eigenvalue weighted by atomic mass is 9.94. The Bertz CT molecular complexity index is 1150. The van der Waals surface area contributed by atoms with Gasteiger partial charge in [0.25, 0.3) is 0 Å². The Morgan fingerprint density at radius 2 is 1.63 bits per heavy atom. The maximum atomic E-state index is 13.3. The first-order chi connectivity index (χ1) is 17.0. The van der Waals surface area contributed by atoms with E-state index in [0.29, 0.717) is 11.8 Å². The molecule has 3 heterocycles. The van der Waals surface area contributed by atoms with Crippen molar-refractivity contribution >= 4 is 22.6 Å². The lowest BCUT2D eigenvalue weighted by molar-refractivity contribution is -0.137. The summed E-state index contributed by atoms with van der Waals surface area (Å²) in [7, 11) is 0. The van der Waals surface area contributed by atoms with Gasteiger partial charge in [-0.05, 0) is 62.5 Å². The van der Waals surface area contributed by atoms with E-state index in [1.54, 1.807) is 0 Å². The second kappa shape index (κ2) is 10.4. The molecule has 3 aromatic rings. The van der Waals surface area contributed by atoms with Crippen molar-refractivity contribution in [2.75, 3.05) is 44.2 Å². The molecule has 5 rings (SSSR count). The number of amides is 1. The average molecular weight is 474 g/mol. The summed E-state index contributed by atoms with van der Waals surface area (Å²) in [6.07, 6.45) is 1.89. The van der Waals surface area contributed by atoms with Crippen LogP contribution in [-0.4, -0.2) is 64.5 Å². The highest BCUT2D eigenvalue weighted by Crippen LogP contribution is 2.29. The highest BCUT2D eigenvalue weighted by molar-refractivity contribution is 5.79. The summed E-state index contributed by atoms with van der Waals surface area (Å²) < 4.78 is 2.32. The van der Waals surface area contributed by atoms with Gasteiger partial charge in [0.2, 0.25) is 5.91 Å². The van der Waals surface area contributed by atoms with Crippen LogP contribution >= 0.6 is 0 Å². The first-order valence-corrected chi connectivity index (χ1v) is 13.3. The van der Waals surface area contributed by atoms with Crippen LogP contribution in [-0.2, 0) is 17.9 Å². The van der Waals surface area contributed by atoms with Crippen LogP contribution in [0.5, 0.6) is 0 Å². The fraction of sp³-hybridized carbons (Fsp3) is 0.517. The number of benzene rings is 2. The average Bonchev–Trinajstić information content (AvgIpc) is 3.25. The summed E-state index contributed by atoms with van der Waals surface area (Å²) in [5.74, 6) is 2.16. The number of hydrogen-bond acceptors (Lipinski definition) is 4. The Morgan fingerprint density at radius 1 is 0.943 bits per heavy atom. The van der Waals surface area contributed by atoms with Gasteiger partial charge in [0, 0.05) is 44.3 Å². The number of hydrogen-bond donors (Lipinski definition) is 0. The first-order valence-electron chi connectivity index (χ1n) is 13.3. The van der Waals surface area contributed by atoms with Crippen molar-refractivity contribution in [2.45, 2.75) is 52.6 Å². The van der Waals surface area contributed by atoms with E-state index in [9.17, 15) is 4.79 Å².